The molecule has 7 nitrogen and oxygen atoms in total. The summed E-state index contributed by atoms with van der Waals surface area (Å²) in [4.78, 5) is 10.2. The first-order chi connectivity index (χ1) is 19.8. The van der Waals surface area contributed by atoms with E-state index in [1.54, 1.807) is 18.2 Å². The number of aliphatic carboxylic acids is 1. The molecule has 10 heteroatoms. The van der Waals surface area contributed by atoms with Gasteiger partial charge in [0, 0.05) is 37.7 Å². The molecule has 0 bridgehead atoms. The van der Waals surface area contributed by atoms with Crippen molar-refractivity contribution in [1.82, 2.24) is 9.62 Å². The lowest BCUT2D eigenvalue weighted by molar-refractivity contribution is -0.136. The number of nitrogens with zero attached hydrogens (tertiary/aromatic N) is 1. The Hall–Kier alpha value is -3.18. The summed E-state index contributed by atoms with van der Waals surface area (Å²) >= 11 is 0. The number of carboxylic acids is 1. The normalized spacial score (nSPS) is 14.7. The Morgan fingerprint density at radius 3 is 2.29 bits per heavy atom. The average molecular weight is 601 g/mol. The van der Waals surface area contributed by atoms with Crippen molar-refractivity contribution in [2.75, 3.05) is 20.1 Å². The summed E-state index contributed by atoms with van der Waals surface area (Å²) < 4.78 is 57.6. The minimum atomic E-state index is -4.47. The van der Waals surface area contributed by atoms with Crippen LogP contribution >= 0.6 is 0 Å². The van der Waals surface area contributed by atoms with Gasteiger partial charge in [-0.25, -0.2) is 17.2 Å². The van der Waals surface area contributed by atoms with Gasteiger partial charge in [-0.2, -0.15) is 4.31 Å². The number of likely N-dealkylation sites (N-methyl/N-ethyl adjacent to an activating group) is 1. The van der Waals surface area contributed by atoms with Crippen molar-refractivity contribution in [3.05, 3.63) is 89.0 Å². The fraction of sp³-hybridized carbons (Fsp3) is 0.406. The van der Waals surface area contributed by atoms with Crippen molar-refractivity contribution < 1.29 is 32.2 Å². The first-order valence-electron chi connectivity index (χ1n) is 14.0. The highest BCUT2D eigenvalue weighted by molar-refractivity contribution is 7.89. The van der Waals surface area contributed by atoms with E-state index in [9.17, 15) is 18.3 Å². The minimum absolute atomic E-state index is 0.104. The molecule has 0 radical (unpaired) electrons. The van der Waals surface area contributed by atoms with Gasteiger partial charge in [0.15, 0.2) is 0 Å². The van der Waals surface area contributed by atoms with Crippen LogP contribution in [0.1, 0.15) is 43.4 Å². The van der Waals surface area contributed by atoms with Crippen LogP contribution in [0.3, 0.4) is 0 Å². The van der Waals surface area contributed by atoms with E-state index in [0.717, 1.165) is 29.6 Å². The molecule has 0 spiro atoms. The Balaban J connectivity index is 1.39. The van der Waals surface area contributed by atoms with Crippen molar-refractivity contribution in [2.24, 2.45) is 5.92 Å². The maximum Gasteiger partial charge on any atom is 0.303 e. The zero-order valence-electron chi connectivity index (χ0n) is 24.1. The number of aliphatic hydroxyl groups excluding tert-OH is 1. The zero-order valence-corrected chi connectivity index (χ0v) is 24.9. The van der Waals surface area contributed by atoms with E-state index < -0.39 is 38.6 Å². The zero-order chi connectivity index (χ0) is 30.7. The van der Waals surface area contributed by atoms with E-state index in [-0.39, 0.29) is 42.6 Å². The van der Waals surface area contributed by atoms with E-state index in [1.165, 1.54) is 24.2 Å². The van der Waals surface area contributed by atoms with Crippen molar-refractivity contribution >= 4 is 16.0 Å². The van der Waals surface area contributed by atoms with Gasteiger partial charge in [0.1, 0.15) is 16.5 Å². The molecule has 226 valence electrons. The lowest BCUT2D eigenvalue weighted by Gasteiger charge is -2.31. The second-order valence-electron chi connectivity index (χ2n) is 11.8. The first kappa shape index (κ1) is 31.7. The van der Waals surface area contributed by atoms with E-state index in [2.05, 4.69) is 17.4 Å². The number of nitrogens with one attached hydrogen (secondary N) is 1. The largest absolute Gasteiger partial charge is 0.481 e. The first-order valence-corrected chi connectivity index (χ1v) is 15.5. The van der Waals surface area contributed by atoms with Crippen molar-refractivity contribution in [1.29, 1.82) is 0 Å². The topological polar surface area (TPSA) is 107 Å². The molecule has 3 aromatic rings. The summed E-state index contributed by atoms with van der Waals surface area (Å²) in [5.41, 5.74) is 3.05. The standard InChI is InChI=1S/C32H38F2N2O5S/c1-32(2,18-21-14-23-9-4-5-10-24(23)15-21)35-19-25(37)20-36(3)42(40,41)30-17-28(33)27(16-29(30)34)26-11-7-6-8-22(26)12-13-31(38)39/h4-11,16-17,21,25,35,37H,12-15,18-20H2,1-3H3,(H,38,39). The number of carbonyl (C=O) groups is 1. The molecule has 0 aliphatic heterocycles. The summed E-state index contributed by atoms with van der Waals surface area (Å²) in [6.45, 7) is 3.89. The van der Waals surface area contributed by atoms with E-state index in [4.69, 9.17) is 5.11 Å². The SMILES string of the molecule is CN(CC(O)CNC(C)(C)CC1Cc2ccccc2C1)S(=O)(=O)c1cc(F)c(-c2ccccc2CCC(=O)O)cc1F. The molecule has 42 heavy (non-hydrogen) atoms. The van der Waals surface area contributed by atoms with Crippen LogP contribution in [0, 0.1) is 17.6 Å². The van der Waals surface area contributed by atoms with Crippen LogP contribution in [-0.2, 0) is 34.1 Å². The molecular formula is C32H38F2N2O5S. The Labute approximate surface area is 246 Å². The van der Waals surface area contributed by atoms with Gasteiger partial charge in [0.25, 0.3) is 0 Å². The second kappa shape index (κ2) is 13.0. The predicted molar refractivity (Wildman–Crippen MR) is 158 cm³/mol. The van der Waals surface area contributed by atoms with E-state index in [0.29, 0.717) is 17.5 Å². The third-order valence-electron chi connectivity index (χ3n) is 7.84. The summed E-state index contributed by atoms with van der Waals surface area (Å²) in [7, 11) is -3.25. The Bertz CT molecular complexity index is 1520. The maximum absolute atomic E-state index is 15.2. The van der Waals surface area contributed by atoms with Crippen LogP contribution in [0.15, 0.2) is 65.6 Å². The average Bonchev–Trinajstić information content (AvgIpc) is 3.33. The molecular weight excluding hydrogens is 562 g/mol. The molecule has 3 N–H and O–H groups in total. The monoisotopic (exact) mass is 600 g/mol. The van der Waals surface area contributed by atoms with Crippen molar-refractivity contribution in [2.45, 2.75) is 62.5 Å². The lowest BCUT2D eigenvalue weighted by Crippen LogP contribution is -2.47. The molecule has 4 rings (SSSR count). The van der Waals surface area contributed by atoms with Gasteiger partial charge in [0.05, 0.1) is 6.10 Å². The van der Waals surface area contributed by atoms with Crippen LogP contribution in [-0.4, -0.2) is 60.7 Å². The molecule has 1 aliphatic carbocycles. The highest BCUT2D eigenvalue weighted by Crippen LogP contribution is 2.33. The molecule has 0 fully saturated rings. The number of hydrogen-bond acceptors (Lipinski definition) is 5. The third-order valence-corrected chi connectivity index (χ3v) is 9.68. The summed E-state index contributed by atoms with van der Waals surface area (Å²) in [6, 6.07) is 16.3. The highest BCUT2D eigenvalue weighted by Gasteiger charge is 2.31. The Morgan fingerprint density at radius 2 is 1.64 bits per heavy atom. The van der Waals surface area contributed by atoms with Gasteiger partial charge < -0.3 is 15.5 Å². The maximum atomic E-state index is 15.2. The summed E-state index contributed by atoms with van der Waals surface area (Å²) in [5.74, 6) is -2.65. The molecule has 1 aliphatic rings. The number of rotatable bonds is 13. The van der Waals surface area contributed by atoms with Crippen LogP contribution in [0.2, 0.25) is 0 Å². The summed E-state index contributed by atoms with van der Waals surface area (Å²) in [6.07, 6.45) is 1.70. The fourth-order valence-corrected chi connectivity index (χ4v) is 7.05. The molecule has 0 saturated carbocycles. The van der Waals surface area contributed by atoms with Crippen LogP contribution in [0.25, 0.3) is 11.1 Å². The number of hydrogen-bond donors (Lipinski definition) is 3. The van der Waals surface area contributed by atoms with Gasteiger partial charge >= 0.3 is 5.97 Å². The van der Waals surface area contributed by atoms with E-state index >= 15 is 8.78 Å². The number of sulfonamides is 1. The van der Waals surface area contributed by atoms with Gasteiger partial charge in [-0.05, 0) is 79.8 Å². The van der Waals surface area contributed by atoms with Crippen molar-refractivity contribution in [3.8, 4) is 11.1 Å². The molecule has 0 amide bonds. The van der Waals surface area contributed by atoms with Crippen molar-refractivity contribution in [3.63, 3.8) is 0 Å². The Morgan fingerprint density at radius 1 is 1.02 bits per heavy atom. The minimum Gasteiger partial charge on any atom is -0.481 e. The van der Waals surface area contributed by atoms with Crippen LogP contribution in [0.4, 0.5) is 8.78 Å². The number of aliphatic hydroxyl groups is 1. The fourth-order valence-electron chi connectivity index (χ4n) is 5.78. The molecule has 1 atom stereocenters. The molecule has 1 unspecified atom stereocenters. The van der Waals surface area contributed by atoms with Crippen LogP contribution in [0.5, 0.6) is 0 Å². The highest BCUT2D eigenvalue weighted by atomic mass is 32.2. The quantitative estimate of drug-likeness (QED) is 0.260. The number of aryl methyl sites for hydroxylation is 1. The number of benzene rings is 3. The van der Waals surface area contributed by atoms with Gasteiger partial charge in [-0.15, -0.1) is 0 Å². The number of fused-ring (bicyclic) bond motifs is 1. The summed E-state index contributed by atoms with van der Waals surface area (Å²) in [5, 5.41) is 23.0. The second-order valence-corrected chi connectivity index (χ2v) is 13.8. The van der Waals surface area contributed by atoms with Gasteiger partial charge in [-0.3, -0.25) is 4.79 Å². The van der Waals surface area contributed by atoms with Crippen LogP contribution < -0.4 is 5.32 Å². The van der Waals surface area contributed by atoms with E-state index in [1.807, 2.05) is 26.0 Å². The third kappa shape index (κ3) is 7.60. The lowest BCUT2D eigenvalue weighted by atomic mass is 9.88. The van der Waals surface area contributed by atoms with Gasteiger partial charge in [0.2, 0.25) is 10.0 Å². The van der Waals surface area contributed by atoms with Gasteiger partial charge in [-0.1, -0.05) is 48.5 Å². The predicted octanol–water partition coefficient (Wildman–Crippen LogP) is 4.80. The molecule has 0 aromatic heterocycles. The number of β-amino-alcohol motifs (C(OH)–C–C–N with tert-alkyl or cyclic N) is 1. The Kier molecular flexibility index (Phi) is 9.82. The molecule has 3 aromatic carbocycles. The molecule has 0 heterocycles. The number of halogens is 2. The molecule has 0 saturated heterocycles. The number of carboxylic acid groups (broad SMARTS) is 1. The smallest absolute Gasteiger partial charge is 0.303 e.